The number of hydrogen-bond donors (Lipinski definition) is 1. The highest BCUT2D eigenvalue weighted by Gasteiger charge is 2.21. The molecule has 168 valence electrons. The summed E-state index contributed by atoms with van der Waals surface area (Å²) in [5.74, 6) is -0.140. The van der Waals surface area contributed by atoms with E-state index in [9.17, 15) is 9.18 Å². The Labute approximate surface area is 196 Å². The number of benzene rings is 2. The van der Waals surface area contributed by atoms with Crippen LogP contribution in [0.25, 0.3) is 10.9 Å². The standard InChI is InChI=1S/C24H24Cl2FN3O2/c25-17-3-7-22-16(14-17)2-6-23(29-22)24(31)28-18-8-11-30(12-9-18)10-1-13-32-19-4-5-20(26)21(27)15-19/h2-7,14-15,18H,1,8-13H2,(H,28,31). The van der Waals surface area contributed by atoms with Gasteiger partial charge in [0.25, 0.3) is 5.91 Å². The Morgan fingerprint density at radius 2 is 1.94 bits per heavy atom. The van der Waals surface area contributed by atoms with Crippen LogP contribution in [0.4, 0.5) is 4.39 Å². The molecule has 5 nitrogen and oxygen atoms in total. The van der Waals surface area contributed by atoms with Crippen LogP contribution in [0.5, 0.6) is 5.75 Å². The first kappa shape index (κ1) is 22.8. The Bertz CT molecular complexity index is 1100. The first-order valence-electron chi connectivity index (χ1n) is 10.7. The van der Waals surface area contributed by atoms with E-state index in [0.29, 0.717) is 23.1 Å². The molecule has 1 fully saturated rings. The fraction of sp³-hybridized carbons (Fsp3) is 0.333. The second-order valence-electron chi connectivity index (χ2n) is 7.90. The third kappa shape index (κ3) is 5.88. The van der Waals surface area contributed by atoms with E-state index < -0.39 is 5.82 Å². The quantitative estimate of drug-likeness (QED) is 0.468. The lowest BCUT2D eigenvalue weighted by atomic mass is 10.0. The number of aromatic nitrogens is 1. The van der Waals surface area contributed by atoms with Crippen LogP contribution in [0, 0.1) is 5.82 Å². The predicted octanol–water partition coefficient (Wildman–Crippen LogP) is 5.34. The zero-order valence-corrected chi connectivity index (χ0v) is 19.0. The summed E-state index contributed by atoms with van der Waals surface area (Å²) >= 11 is 11.7. The van der Waals surface area contributed by atoms with Gasteiger partial charge in [0.2, 0.25) is 0 Å². The number of nitrogens with one attached hydrogen (secondary N) is 1. The molecule has 0 saturated carbocycles. The first-order chi connectivity index (χ1) is 15.5. The molecule has 2 heterocycles. The van der Waals surface area contributed by atoms with Gasteiger partial charge in [-0.2, -0.15) is 0 Å². The fourth-order valence-electron chi connectivity index (χ4n) is 3.83. The van der Waals surface area contributed by atoms with Crippen LogP contribution in [0.2, 0.25) is 10.0 Å². The van der Waals surface area contributed by atoms with E-state index in [0.717, 1.165) is 49.8 Å². The Hall–Kier alpha value is -2.41. The van der Waals surface area contributed by atoms with Gasteiger partial charge in [-0.1, -0.05) is 29.3 Å². The van der Waals surface area contributed by atoms with Crippen molar-refractivity contribution >= 4 is 40.0 Å². The maximum Gasteiger partial charge on any atom is 0.270 e. The monoisotopic (exact) mass is 475 g/mol. The lowest BCUT2D eigenvalue weighted by molar-refractivity contribution is 0.0905. The molecule has 4 rings (SSSR count). The number of amides is 1. The highest BCUT2D eigenvalue weighted by atomic mass is 35.5. The Morgan fingerprint density at radius 3 is 2.72 bits per heavy atom. The summed E-state index contributed by atoms with van der Waals surface area (Å²) in [6, 6.07) is 13.6. The summed E-state index contributed by atoms with van der Waals surface area (Å²) in [5, 5.41) is 4.75. The third-order valence-corrected chi connectivity index (χ3v) is 6.13. The van der Waals surface area contributed by atoms with Crippen molar-refractivity contribution in [2.45, 2.75) is 25.3 Å². The summed E-state index contributed by atoms with van der Waals surface area (Å²) in [7, 11) is 0. The van der Waals surface area contributed by atoms with Crippen molar-refractivity contribution in [2.75, 3.05) is 26.2 Å². The van der Waals surface area contributed by atoms with Gasteiger partial charge < -0.3 is 15.0 Å². The Balaban J connectivity index is 1.19. The topological polar surface area (TPSA) is 54.5 Å². The number of hydrogen-bond acceptors (Lipinski definition) is 4. The molecule has 32 heavy (non-hydrogen) atoms. The minimum absolute atomic E-state index is 0.0913. The van der Waals surface area contributed by atoms with Crippen molar-refractivity contribution < 1.29 is 13.9 Å². The van der Waals surface area contributed by atoms with Crippen molar-refractivity contribution in [3.05, 3.63) is 70.1 Å². The molecule has 1 saturated heterocycles. The minimum Gasteiger partial charge on any atom is -0.493 e. The van der Waals surface area contributed by atoms with Crippen molar-refractivity contribution in [3.63, 3.8) is 0 Å². The van der Waals surface area contributed by atoms with Gasteiger partial charge in [-0.3, -0.25) is 4.79 Å². The summed E-state index contributed by atoms with van der Waals surface area (Å²) in [5.41, 5.74) is 1.17. The number of piperidine rings is 1. The lowest BCUT2D eigenvalue weighted by Gasteiger charge is -2.32. The van der Waals surface area contributed by atoms with Crippen molar-refractivity contribution in [1.29, 1.82) is 0 Å². The lowest BCUT2D eigenvalue weighted by Crippen LogP contribution is -2.45. The molecule has 1 aliphatic rings. The van der Waals surface area contributed by atoms with Crippen molar-refractivity contribution in [2.24, 2.45) is 0 Å². The van der Waals surface area contributed by atoms with Gasteiger partial charge in [0, 0.05) is 42.2 Å². The molecule has 0 radical (unpaired) electrons. The van der Waals surface area contributed by atoms with Gasteiger partial charge in [0.1, 0.15) is 17.3 Å². The zero-order valence-electron chi connectivity index (χ0n) is 17.5. The maximum absolute atomic E-state index is 13.4. The molecule has 8 heteroatoms. The van der Waals surface area contributed by atoms with E-state index >= 15 is 0 Å². The van der Waals surface area contributed by atoms with E-state index in [1.54, 1.807) is 18.2 Å². The zero-order chi connectivity index (χ0) is 22.5. The fourth-order valence-corrected chi connectivity index (χ4v) is 4.13. The number of fused-ring (bicyclic) bond motifs is 1. The largest absolute Gasteiger partial charge is 0.493 e. The molecule has 1 amide bonds. The molecular formula is C24H24Cl2FN3O2. The van der Waals surface area contributed by atoms with Crippen LogP contribution in [0.3, 0.4) is 0 Å². The Kier molecular flexibility index (Phi) is 7.45. The molecule has 1 aromatic heterocycles. The van der Waals surface area contributed by atoms with E-state index in [1.165, 1.54) is 12.1 Å². The number of likely N-dealkylation sites (tertiary alicyclic amines) is 1. The Morgan fingerprint density at radius 1 is 1.12 bits per heavy atom. The van der Waals surface area contributed by atoms with Crippen LogP contribution in [-0.4, -0.2) is 48.1 Å². The number of rotatable bonds is 7. The van der Waals surface area contributed by atoms with E-state index in [2.05, 4.69) is 15.2 Å². The highest BCUT2D eigenvalue weighted by molar-refractivity contribution is 6.31. The predicted molar refractivity (Wildman–Crippen MR) is 125 cm³/mol. The number of carbonyl (C=O) groups excluding carboxylic acids is 1. The highest BCUT2D eigenvalue weighted by Crippen LogP contribution is 2.21. The van der Waals surface area contributed by atoms with Gasteiger partial charge in [-0.05, 0) is 55.7 Å². The summed E-state index contributed by atoms with van der Waals surface area (Å²) in [6.07, 6.45) is 2.61. The molecule has 0 spiro atoms. The number of halogens is 3. The third-order valence-electron chi connectivity index (χ3n) is 5.59. The van der Waals surface area contributed by atoms with Crippen LogP contribution in [-0.2, 0) is 0 Å². The smallest absolute Gasteiger partial charge is 0.270 e. The second kappa shape index (κ2) is 10.5. The van der Waals surface area contributed by atoms with Gasteiger partial charge in [0.15, 0.2) is 0 Å². The van der Waals surface area contributed by atoms with Crippen LogP contribution < -0.4 is 10.1 Å². The maximum atomic E-state index is 13.4. The minimum atomic E-state index is -0.475. The molecule has 0 aliphatic carbocycles. The second-order valence-corrected chi connectivity index (χ2v) is 8.74. The average Bonchev–Trinajstić information content (AvgIpc) is 2.79. The number of pyridine rings is 1. The van der Waals surface area contributed by atoms with Gasteiger partial charge >= 0.3 is 0 Å². The molecule has 1 aliphatic heterocycles. The van der Waals surface area contributed by atoms with Crippen molar-refractivity contribution in [1.82, 2.24) is 15.2 Å². The van der Waals surface area contributed by atoms with E-state index in [-0.39, 0.29) is 17.0 Å². The van der Waals surface area contributed by atoms with Gasteiger partial charge in [-0.15, -0.1) is 0 Å². The number of ether oxygens (including phenoxy) is 1. The SMILES string of the molecule is O=C(NC1CCN(CCCOc2ccc(Cl)c(F)c2)CC1)c1ccc2cc(Cl)ccc2n1. The normalized spacial score (nSPS) is 15.1. The molecule has 0 atom stereocenters. The number of nitrogens with zero attached hydrogens (tertiary/aromatic N) is 2. The first-order valence-corrected chi connectivity index (χ1v) is 11.4. The van der Waals surface area contributed by atoms with Crippen LogP contribution in [0.1, 0.15) is 29.8 Å². The van der Waals surface area contributed by atoms with Crippen LogP contribution >= 0.6 is 23.2 Å². The van der Waals surface area contributed by atoms with Crippen molar-refractivity contribution in [3.8, 4) is 5.75 Å². The molecule has 1 N–H and O–H groups in total. The summed E-state index contributed by atoms with van der Waals surface area (Å²) < 4.78 is 19.0. The molecule has 3 aromatic rings. The number of carbonyl (C=O) groups is 1. The molecule has 2 aromatic carbocycles. The van der Waals surface area contributed by atoms with Gasteiger partial charge in [-0.25, -0.2) is 9.37 Å². The van der Waals surface area contributed by atoms with E-state index in [4.69, 9.17) is 27.9 Å². The summed E-state index contributed by atoms with van der Waals surface area (Å²) in [6.45, 7) is 3.22. The molecule has 0 unspecified atom stereocenters. The molecular weight excluding hydrogens is 452 g/mol. The van der Waals surface area contributed by atoms with Crippen LogP contribution in [0.15, 0.2) is 48.5 Å². The summed E-state index contributed by atoms with van der Waals surface area (Å²) in [4.78, 5) is 19.4. The average molecular weight is 476 g/mol. The molecule has 0 bridgehead atoms. The van der Waals surface area contributed by atoms with E-state index in [1.807, 2.05) is 18.2 Å². The van der Waals surface area contributed by atoms with Gasteiger partial charge in [0.05, 0.1) is 17.1 Å².